The first-order chi connectivity index (χ1) is 14.8. The second-order valence-electron chi connectivity index (χ2n) is 8.90. The second kappa shape index (κ2) is 9.01. The van der Waals surface area contributed by atoms with Crippen LogP contribution in [0, 0.1) is 5.92 Å². The summed E-state index contributed by atoms with van der Waals surface area (Å²) in [5.41, 5.74) is 3.05. The van der Waals surface area contributed by atoms with Crippen molar-refractivity contribution in [2.75, 3.05) is 6.54 Å². The monoisotopic (exact) mass is 441 g/mol. The number of halogens is 1. The standard InChI is InChI=1S/C25H28ClNO4/c1-15(2)17-8-10-18(11-9-17)23-24(19-4-3-5-20(26)12-19)31-21(13-22(28)29)25(30)27(23)14-16-6-7-16/h3-5,8-12,15-16,21,23-24H,6-7,13-14H2,1-2H3,(H,28,29)/t21-,23-,24-/m1/s1. The van der Waals surface area contributed by atoms with Crippen LogP contribution in [0.3, 0.4) is 0 Å². The number of hydrogen-bond donors (Lipinski definition) is 1. The molecule has 164 valence electrons. The Bertz CT molecular complexity index is 954. The lowest BCUT2D eigenvalue weighted by Gasteiger charge is -2.45. The molecule has 4 rings (SSSR count). The van der Waals surface area contributed by atoms with E-state index >= 15 is 0 Å². The van der Waals surface area contributed by atoms with Gasteiger partial charge < -0.3 is 14.7 Å². The third-order valence-corrected chi connectivity index (χ3v) is 6.36. The number of hydrogen-bond acceptors (Lipinski definition) is 3. The molecule has 0 aromatic heterocycles. The smallest absolute Gasteiger partial charge is 0.306 e. The first-order valence-corrected chi connectivity index (χ1v) is 11.2. The summed E-state index contributed by atoms with van der Waals surface area (Å²) >= 11 is 6.26. The topological polar surface area (TPSA) is 66.8 Å². The summed E-state index contributed by atoms with van der Waals surface area (Å²) in [6.07, 6.45) is 0.330. The van der Waals surface area contributed by atoms with Crippen LogP contribution in [0.15, 0.2) is 48.5 Å². The zero-order valence-electron chi connectivity index (χ0n) is 17.8. The molecule has 2 aromatic carbocycles. The molecule has 2 aromatic rings. The molecule has 0 radical (unpaired) electrons. The minimum absolute atomic E-state index is 0.245. The first-order valence-electron chi connectivity index (χ1n) is 10.9. The summed E-state index contributed by atoms with van der Waals surface area (Å²) in [6.45, 7) is 4.91. The van der Waals surface area contributed by atoms with Crippen LogP contribution in [-0.2, 0) is 14.3 Å². The van der Waals surface area contributed by atoms with Gasteiger partial charge in [0.15, 0.2) is 0 Å². The van der Waals surface area contributed by atoms with E-state index in [0.717, 1.165) is 24.0 Å². The van der Waals surface area contributed by atoms with E-state index < -0.39 is 18.2 Å². The number of ether oxygens (including phenoxy) is 1. The van der Waals surface area contributed by atoms with Gasteiger partial charge in [-0.05, 0) is 53.5 Å². The van der Waals surface area contributed by atoms with Crippen molar-refractivity contribution >= 4 is 23.5 Å². The van der Waals surface area contributed by atoms with Crippen molar-refractivity contribution < 1.29 is 19.4 Å². The van der Waals surface area contributed by atoms with Crippen molar-refractivity contribution in [3.63, 3.8) is 0 Å². The molecule has 1 aliphatic heterocycles. The average molecular weight is 442 g/mol. The highest BCUT2D eigenvalue weighted by molar-refractivity contribution is 6.30. The minimum Gasteiger partial charge on any atom is -0.481 e. The van der Waals surface area contributed by atoms with Gasteiger partial charge in [-0.15, -0.1) is 0 Å². The highest BCUT2D eigenvalue weighted by Crippen LogP contribution is 2.45. The minimum atomic E-state index is -1.05. The van der Waals surface area contributed by atoms with E-state index in [1.807, 2.05) is 23.1 Å². The lowest BCUT2D eigenvalue weighted by Crippen LogP contribution is -2.52. The maximum Gasteiger partial charge on any atom is 0.306 e. The van der Waals surface area contributed by atoms with Gasteiger partial charge in [-0.1, -0.05) is 61.8 Å². The van der Waals surface area contributed by atoms with Crippen LogP contribution in [0.1, 0.15) is 67.9 Å². The van der Waals surface area contributed by atoms with Crippen molar-refractivity contribution in [3.05, 3.63) is 70.2 Å². The van der Waals surface area contributed by atoms with E-state index in [-0.39, 0.29) is 18.4 Å². The molecule has 0 unspecified atom stereocenters. The maximum absolute atomic E-state index is 13.3. The summed E-state index contributed by atoms with van der Waals surface area (Å²) in [4.78, 5) is 26.6. The van der Waals surface area contributed by atoms with Crippen LogP contribution in [0.25, 0.3) is 0 Å². The molecule has 2 aliphatic rings. The van der Waals surface area contributed by atoms with Gasteiger partial charge in [0, 0.05) is 11.6 Å². The van der Waals surface area contributed by atoms with Crippen LogP contribution in [0.2, 0.25) is 5.02 Å². The fraction of sp³-hybridized carbons (Fsp3) is 0.440. The Kier molecular flexibility index (Phi) is 6.35. The quantitative estimate of drug-likeness (QED) is 0.628. The number of morpholine rings is 1. The van der Waals surface area contributed by atoms with Gasteiger partial charge in [-0.3, -0.25) is 9.59 Å². The van der Waals surface area contributed by atoms with Crippen molar-refractivity contribution in [3.8, 4) is 0 Å². The zero-order chi connectivity index (χ0) is 22.1. The van der Waals surface area contributed by atoms with Gasteiger partial charge in [-0.2, -0.15) is 0 Å². The number of amides is 1. The summed E-state index contributed by atoms with van der Waals surface area (Å²) in [5, 5.41) is 9.94. The number of rotatable bonds is 7. The molecule has 1 saturated heterocycles. The SMILES string of the molecule is CC(C)c1ccc([C@@H]2[C@@H](c3cccc(Cl)c3)O[C@H](CC(=O)O)C(=O)N2CC2CC2)cc1. The van der Waals surface area contributed by atoms with Gasteiger partial charge in [-0.25, -0.2) is 0 Å². The highest BCUT2D eigenvalue weighted by atomic mass is 35.5. The fourth-order valence-electron chi connectivity index (χ4n) is 4.25. The Morgan fingerprint density at radius 2 is 1.87 bits per heavy atom. The predicted molar refractivity (Wildman–Crippen MR) is 119 cm³/mol. The van der Waals surface area contributed by atoms with Crippen molar-refractivity contribution in [2.24, 2.45) is 5.92 Å². The Hall–Kier alpha value is -2.37. The van der Waals surface area contributed by atoms with Crippen LogP contribution in [-0.4, -0.2) is 34.5 Å². The van der Waals surface area contributed by atoms with E-state index in [4.69, 9.17) is 16.3 Å². The van der Waals surface area contributed by atoms with Gasteiger partial charge in [0.25, 0.3) is 5.91 Å². The molecule has 1 heterocycles. The van der Waals surface area contributed by atoms with E-state index in [1.54, 1.807) is 6.07 Å². The van der Waals surface area contributed by atoms with Crippen LogP contribution in [0.4, 0.5) is 0 Å². The van der Waals surface area contributed by atoms with Gasteiger partial charge in [0.1, 0.15) is 12.2 Å². The van der Waals surface area contributed by atoms with Crippen LogP contribution >= 0.6 is 11.6 Å². The molecule has 0 bridgehead atoms. The summed E-state index contributed by atoms with van der Waals surface area (Å²) in [7, 11) is 0. The molecule has 0 spiro atoms. The number of carbonyl (C=O) groups excluding carboxylic acids is 1. The second-order valence-corrected chi connectivity index (χ2v) is 9.33. The maximum atomic E-state index is 13.3. The largest absolute Gasteiger partial charge is 0.481 e. The number of carboxylic acids is 1. The molecular weight excluding hydrogens is 414 g/mol. The van der Waals surface area contributed by atoms with Gasteiger partial charge in [0.05, 0.1) is 12.5 Å². The Morgan fingerprint density at radius 1 is 1.16 bits per heavy atom. The highest BCUT2D eigenvalue weighted by Gasteiger charge is 2.46. The number of aliphatic carboxylic acids is 1. The molecule has 2 fully saturated rings. The summed E-state index contributed by atoms with van der Waals surface area (Å²) in [5.74, 6) is -0.422. The number of benzene rings is 2. The Labute approximate surface area is 188 Å². The van der Waals surface area contributed by atoms with Gasteiger partial charge >= 0.3 is 5.97 Å². The van der Waals surface area contributed by atoms with Crippen LogP contribution < -0.4 is 0 Å². The third kappa shape index (κ3) is 4.94. The molecule has 1 amide bonds. The molecule has 1 saturated carbocycles. The summed E-state index contributed by atoms with van der Waals surface area (Å²) < 4.78 is 6.20. The molecule has 6 heteroatoms. The van der Waals surface area contributed by atoms with E-state index in [2.05, 4.69) is 38.1 Å². The number of nitrogens with zero attached hydrogens (tertiary/aromatic N) is 1. The normalized spacial score (nSPS) is 23.9. The molecule has 3 atom stereocenters. The molecular formula is C25H28ClNO4. The Morgan fingerprint density at radius 3 is 2.45 bits per heavy atom. The number of carboxylic acid groups (broad SMARTS) is 1. The Balaban J connectivity index is 1.78. The molecule has 5 nitrogen and oxygen atoms in total. The lowest BCUT2D eigenvalue weighted by molar-refractivity contribution is -0.179. The van der Waals surface area contributed by atoms with Crippen molar-refractivity contribution in [1.29, 1.82) is 0 Å². The van der Waals surface area contributed by atoms with E-state index in [9.17, 15) is 14.7 Å². The molecule has 1 aliphatic carbocycles. The van der Waals surface area contributed by atoms with Crippen LogP contribution in [0.5, 0.6) is 0 Å². The van der Waals surface area contributed by atoms with Crippen molar-refractivity contribution in [1.82, 2.24) is 4.90 Å². The van der Waals surface area contributed by atoms with E-state index in [0.29, 0.717) is 23.4 Å². The lowest BCUT2D eigenvalue weighted by atomic mass is 9.89. The predicted octanol–water partition coefficient (Wildman–Crippen LogP) is 5.36. The third-order valence-electron chi connectivity index (χ3n) is 6.13. The average Bonchev–Trinajstić information content (AvgIpc) is 3.55. The van der Waals surface area contributed by atoms with Crippen molar-refractivity contribution in [2.45, 2.75) is 57.3 Å². The van der Waals surface area contributed by atoms with E-state index in [1.165, 1.54) is 5.56 Å². The summed E-state index contributed by atoms with van der Waals surface area (Å²) in [6, 6.07) is 15.4. The zero-order valence-corrected chi connectivity index (χ0v) is 18.6. The van der Waals surface area contributed by atoms with Gasteiger partial charge in [0.2, 0.25) is 0 Å². The number of carbonyl (C=O) groups is 2. The fourth-order valence-corrected chi connectivity index (χ4v) is 4.45. The first kappa shape index (κ1) is 21.8. The molecule has 1 N–H and O–H groups in total. The molecule has 31 heavy (non-hydrogen) atoms.